The normalized spacial score (nSPS) is 11.8. The van der Waals surface area contributed by atoms with Crippen LogP contribution < -0.4 is 4.90 Å². The third kappa shape index (κ3) is 4.68. The molecule has 2 aromatic heterocycles. The molecule has 0 aliphatic rings. The van der Waals surface area contributed by atoms with Crippen molar-refractivity contribution in [3.63, 3.8) is 0 Å². The minimum Gasteiger partial charge on any atom is -0.456 e. The molecule has 0 radical (unpaired) electrons. The number of hydrogen-bond donors (Lipinski definition) is 0. The third-order valence-corrected chi connectivity index (χ3v) is 10.6. The number of furan rings is 2. The van der Waals surface area contributed by atoms with Gasteiger partial charge < -0.3 is 13.7 Å². The minimum atomic E-state index is 0.822. The molecule has 53 heavy (non-hydrogen) atoms. The van der Waals surface area contributed by atoms with E-state index in [0.29, 0.717) is 0 Å². The van der Waals surface area contributed by atoms with Crippen molar-refractivity contribution in [1.82, 2.24) is 0 Å². The lowest BCUT2D eigenvalue weighted by Gasteiger charge is -2.27. The Bertz CT molecular complexity index is 3160. The van der Waals surface area contributed by atoms with Crippen LogP contribution in [-0.2, 0) is 0 Å². The number of para-hydroxylation sites is 1. The molecule has 2 heterocycles. The fourth-order valence-electron chi connectivity index (χ4n) is 8.21. The van der Waals surface area contributed by atoms with E-state index in [-0.39, 0.29) is 0 Å². The van der Waals surface area contributed by atoms with Gasteiger partial charge in [0.15, 0.2) is 0 Å². The summed E-state index contributed by atoms with van der Waals surface area (Å²) in [7, 11) is 0. The predicted octanol–water partition coefficient (Wildman–Crippen LogP) is 14.6. The second-order valence-electron chi connectivity index (χ2n) is 13.7. The second kappa shape index (κ2) is 11.7. The van der Waals surface area contributed by atoms with Gasteiger partial charge in [-0.25, -0.2) is 0 Å². The Morgan fingerprint density at radius 2 is 1.02 bits per heavy atom. The molecule has 0 amide bonds. The number of hydrogen-bond acceptors (Lipinski definition) is 3. The number of benzene rings is 9. The summed E-state index contributed by atoms with van der Waals surface area (Å²) in [6.07, 6.45) is 0. The van der Waals surface area contributed by atoms with E-state index >= 15 is 0 Å². The summed E-state index contributed by atoms with van der Waals surface area (Å²) in [5.74, 6) is 0. The highest BCUT2D eigenvalue weighted by Crippen LogP contribution is 2.50. The number of nitrogens with zero attached hydrogens (tertiary/aromatic N) is 1. The summed E-state index contributed by atoms with van der Waals surface area (Å²) < 4.78 is 13.7. The van der Waals surface area contributed by atoms with Gasteiger partial charge in [0.05, 0.1) is 11.1 Å². The zero-order valence-electron chi connectivity index (χ0n) is 28.7. The average molecular weight is 678 g/mol. The van der Waals surface area contributed by atoms with Crippen LogP contribution in [0.2, 0.25) is 0 Å². The Balaban J connectivity index is 1.23. The lowest BCUT2D eigenvalue weighted by molar-refractivity contribution is 0.664. The summed E-state index contributed by atoms with van der Waals surface area (Å²) in [4.78, 5) is 2.36. The largest absolute Gasteiger partial charge is 0.456 e. The van der Waals surface area contributed by atoms with Crippen molar-refractivity contribution in [1.29, 1.82) is 0 Å². The SMILES string of the molecule is c1ccc(-c2ccc(N(c3ccc4ccccc4c3)c3cccc4oc5c(-c6cccc7ccccc67)c6c(cc5c34)oc3ccccc36)cc2)cc1. The fraction of sp³-hybridized carbons (Fsp3) is 0. The molecule has 0 unspecified atom stereocenters. The second-order valence-corrected chi connectivity index (χ2v) is 13.7. The van der Waals surface area contributed by atoms with Crippen molar-refractivity contribution in [3.05, 3.63) is 188 Å². The Morgan fingerprint density at radius 3 is 1.89 bits per heavy atom. The van der Waals surface area contributed by atoms with Crippen LogP contribution in [0.3, 0.4) is 0 Å². The van der Waals surface area contributed by atoms with Crippen molar-refractivity contribution >= 4 is 82.5 Å². The molecule has 0 N–H and O–H groups in total. The molecule has 0 saturated heterocycles. The number of fused-ring (bicyclic) bond motifs is 8. The predicted molar refractivity (Wildman–Crippen MR) is 222 cm³/mol. The molecule has 0 aliphatic carbocycles. The van der Waals surface area contributed by atoms with Gasteiger partial charge in [0.2, 0.25) is 0 Å². The average Bonchev–Trinajstić information content (AvgIpc) is 3.79. The lowest BCUT2D eigenvalue weighted by Crippen LogP contribution is -2.10. The van der Waals surface area contributed by atoms with Gasteiger partial charge in [-0.3, -0.25) is 0 Å². The van der Waals surface area contributed by atoms with Crippen LogP contribution in [0, 0.1) is 0 Å². The van der Waals surface area contributed by atoms with Crippen LogP contribution in [0.1, 0.15) is 0 Å². The Kier molecular flexibility index (Phi) is 6.55. The minimum absolute atomic E-state index is 0.822. The van der Waals surface area contributed by atoms with Crippen LogP contribution in [0.15, 0.2) is 197 Å². The molecule has 0 fully saturated rings. The van der Waals surface area contributed by atoms with E-state index in [9.17, 15) is 0 Å². The first kappa shape index (κ1) is 29.6. The maximum absolute atomic E-state index is 7.05. The first-order valence-electron chi connectivity index (χ1n) is 18.0. The molecular weight excluding hydrogens is 647 g/mol. The summed E-state index contributed by atoms with van der Waals surface area (Å²) in [6.45, 7) is 0. The molecular formula is C50H31NO2. The number of rotatable bonds is 5. The van der Waals surface area contributed by atoms with Gasteiger partial charge in [0.25, 0.3) is 0 Å². The first-order chi connectivity index (χ1) is 26.3. The van der Waals surface area contributed by atoms with Gasteiger partial charge in [-0.2, -0.15) is 0 Å². The molecule has 248 valence electrons. The molecule has 0 atom stereocenters. The van der Waals surface area contributed by atoms with Crippen LogP contribution in [0.4, 0.5) is 17.1 Å². The van der Waals surface area contributed by atoms with E-state index < -0.39 is 0 Å². The summed E-state index contributed by atoms with van der Waals surface area (Å²) in [5.41, 5.74) is 11.0. The summed E-state index contributed by atoms with van der Waals surface area (Å²) in [6, 6.07) is 66.6. The van der Waals surface area contributed by atoms with Gasteiger partial charge in [-0.05, 0) is 86.8 Å². The van der Waals surface area contributed by atoms with Crippen molar-refractivity contribution in [2.75, 3.05) is 4.90 Å². The van der Waals surface area contributed by atoms with Crippen molar-refractivity contribution < 1.29 is 8.83 Å². The van der Waals surface area contributed by atoms with E-state index in [1.54, 1.807) is 0 Å². The zero-order chi connectivity index (χ0) is 34.9. The van der Waals surface area contributed by atoms with Gasteiger partial charge in [-0.15, -0.1) is 0 Å². The maximum atomic E-state index is 7.05. The highest BCUT2D eigenvalue weighted by Gasteiger charge is 2.25. The van der Waals surface area contributed by atoms with Crippen molar-refractivity contribution in [2.45, 2.75) is 0 Å². The highest BCUT2D eigenvalue weighted by atomic mass is 16.3. The molecule has 0 aliphatic heterocycles. The van der Waals surface area contributed by atoms with Crippen LogP contribution in [0.25, 0.3) is 87.7 Å². The molecule has 0 saturated carbocycles. The molecule has 11 aromatic rings. The number of anilines is 3. The third-order valence-electron chi connectivity index (χ3n) is 10.6. The standard InChI is InChI=1S/C50H31NO2/c1-2-12-32(13-3-1)34-24-27-37(28-25-34)51(38-29-26-33-14-4-5-16-36(33)30-38)43-21-11-23-45-47(43)42-31-46-48(41-19-8-9-22-44(41)52-46)49(50(42)53-45)40-20-10-17-35-15-6-7-18-39(35)40/h1-31H. The van der Waals surface area contributed by atoms with Gasteiger partial charge in [-0.1, -0.05) is 140 Å². The topological polar surface area (TPSA) is 29.5 Å². The highest BCUT2D eigenvalue weighted by molar-refractivity contribution is 6.27. The maximum Gasteiger partial charge on any atom is 0.144 e. The molecule has 0 bridgehead atoms. The zero-order valence-corrected chi connectivity index (χ0v) is 28.7. The Labute approximate surface area is 305 Å². The Hall–Kier alpha value is -7.10. The van der Waals surface area contributed by atoms with Gasteiger partial charge >= 0.3 is 0 Å². The smallest absolute Gasteiger partial charge is 0.144 e. The first-order valence-corrected chi connectivity index (χ1v) is 18.0. The van der Waals surface area contributed by atoms with E-state index in [0.717, 1.165) is 72.1 Å². The summed E-state index contributed by atoms with van der Waals surface area (Å²) >= 11 is 0. The molecule has 0 spiro atoms. The van der Waals surface area contributed by atoms with Crippen molar-refractivity contribution in [3.8, 4) is 22.3 Å². The summed E-state index contributed by atoms with van der Waals surface area (Å²) in [5, 5.41) is 8.92. The monoisotopic (exact) mass is 677 g/mol. The molecule has 3 heteroatoms. The van der Waals surface area contributed by atoms with E-state index in [4.69, 9.17) is 8.83 Å². The quantitative estimate of drug-likeness (QED) is 0.182. The van der Waals surface area contributed by atoms with Crippen LogP contribution in [0.5, 0.6) is 0 Å². The van der Waals surface area contributed by atoms with Gasteiger partial charge in [0, 0.05) is 33.1 Å². The van der Waals surface area contributed by atoms with Gasteiger partial charge in [0.1, 0.15) is 22.3 Å². The van der Waals surface area contributed by atoms with E-state index in [1.807, 2.05) is 12.1 Å². The van der Waals surface area contributed by atoms with Crippen molar-refractivity contribution in [2.24, 2.45) is 0 Å². The van der Waals surface area contributed by atoms with E-state index in [1.165, 1.54) is 32.7 Å². The lowest BCUT2D eigenvalue weighted by atomic mass is 9.92. The molecule has 9 aromatic carbocycles. The van der Waals surface area contributed by atoms with Crippen LogP contribution in [-0.4, -0.2) is 0 Å². The fourth-order valence-corrected chi connectivity index (χ4v) is 8.21. The van der Waals surface area contributed by atoms with E-state index in [2.05, 4.69) is 181 Å². The molecule has 3 nitrogen and oxygen atoms in total. The Morgan fingerprint density at radius 1 is 0.358 bits per heavy atom. The van der Waals surface area contributed by atoms with Crippen LogP contribution >= 0.6 is 0 Å². The molecule has 11 rings (SSSR count).